The predicted octanol–water partition coefficient (Wildman–Crippen LogP) is 2.32. The van der Waals surface area contributed by atoms with Crippen LogP contribution in [0.3, 0.4) is 0 Å². The van der Waals surface area contributed by atoms with E-state index in [1.165, 1.54) is 11.3 Å². The van der Waals surface area contributed by atoms with Crippen LogP contribution in [-0.2, 0) is 0 Å². The summed E-state index contributed by atoms with van der Waals surface area (Å²) in [5.74, 6) is 0.984. The fourth-order valence-corrected chi connectivity index (χ4v) is 2.22. The molecule has 0 saturated heterocycles. The summed E-state index contributed by atoms with van der Waals surface area (Å²) in [7, 11) is 0. The summed E-state index contributed by atoms with van der Waals surface area (Å²) in [4.78, 5) is 2.35. The second-order valence-corrected chi connectivity index (χ2v) is 4.97. The van der Waals surface area contributed by atoms with Crippen molar-refractivity contribution in [2.45, 2.75) is 39.3 Å². The Hall–Kier alpha value is -1.22. The number of aryl methyl sites for hydroxylation is 1. The molecule has 2 N–H and O–H groups in total. The Morgan fingerprint density at radius 1 is 1.53 bits per heavy atom. The molecule has 0 bridgehead atoms. The minimum atomic E-state index is 0.230. The largest absolute Gasteiger partial charge is 0.487 e. The van der Waals surface area contributed by atoms with E-state index in [2.05, 4.69) is 43.9 Å². The van der Waals surface area contributed by atoms with Crippen molar-refractivity contribution in [3.8, 4) is 5.75 Å². The molecule has 17 heavy (non-hydrogen) atoms. The fourth-order valence-electron chi connectivity index (χ4n) is 2.22. The van der Waals surface area contributed by atoms with Crippen LogP contribution in [0.1, 0.15) is 25.8 Å². The molecule has 0 radical (unpaired) electrons. The first-order valence-corrected chi connectivity index (χ1v) is 6.38. The molecule has 0 fully saturated rings. The number of nitrogens with two attached hydrogens (primary N) is 1. The van der Waals surface area contributed by atoms with E-state index in [0.717, 1.165) is 25.3 Å². The van der Waals surface area contributed by atoms with Crippen LogP contribution in [0.4, 0.5) is 5.69 Å². The van der Waals surface area contributed by atoms with Crippen LogP contribution < -0.4 is 15.4 Å². The maximum atomic E-state index is 6.06. The van der Waals surface area contributed by atoms with Crippen molar-refractivity contribution in [3.05, 3.63) is 23.8 Å². The number of anilines is 1. The monoisotopic (exact) mass is 234 g/mol. The molecular weight excluding hydrogens is 212 g/mol. The van der Waals surface area contributed by atoms with Gasteiger partial charge < -0.3 is 15.4 Å². The van der Waals surface area contributed by atoms with E-state index in [1.54, 1.807) is 0 Å². The molecule has 1 aliphatic heterocycles. The smallest absolute Gasteiger partial charge is 0.143 e. The lowest BCUT2D eigenvalue weighted by molar-refractivity contribution is 0.211. The van der Waals surface area contributed by atoms with E-state index in [4.69, 9.17) is 10.5 Å². The Kier molecular flexibility index (Phi) is 3.57. The molecule has 2 unspecified atom stereocenters. The average molecular weight is 234 g/mol. The van der Waals surface area contributed by atoms with Gasteiger partial charge in [0, 0.05) is 12.6 Å². The molecule has 1 heterocycles. The molecule has 2 atom stereocenters. The van der Waals surface area contributed by atoms with Gasteiger partial charge in [0.15, 0.2) is 0 Å². The van der Waals surface area contributed by atoms with Gasteiger partial charge in [0.1, 0.15) is 11.9 Å². The number of hydrogen-bond acceptors (Lipinski definition) is 3. The zero-order valence-corrected chi connectivity index (χ0v) is 10.9. The van der Waals surface area contributed by atoms with Crippen LogP contribution >= 0.6 is 0 Å². The zero-order chi connectivity index (χ0) is 12.4. The van der Waals surface area contributed by atoms with E-state index in [1.807, 2.05) is 0 Å². The van der Waals surface area contributed by atoms with Gasteiger partial charge in [-0.05, 0) is 38.0 Å². The SMILES string of the molecule is CCC(N)CN1CC(C)Oc2ccc(C)cc21. The molecule has 1 aromatic carbocycles. The van der Waals surface area contributed by atoms with Gasteiger partial charge >= 0.3 is 0 Å². The van der Waals surface area contributed by atoms with Gasteiger partial charge in [0.2, 0.25) is 0 Å². The third kappa shape index (κ3) is 2.72. The van der Waals surface area contributed by atoms with Crippen molar-refractivity contribution in [3.63, 3.8) is 0 Å². The van der Waals surface area contributed by atoms with Gasteiger partial charge in [0.05, 0.1) is 12.2 Å². The van der Waals surface area contributed by atoms with E-state index in [0.29, 0.717) is 0 Å². The minimum Gasteiger partial charge on any atom is -0.487 e. The maximum Gasteiger partial charge on any atom is 0.143 e. The minimum absolute atomic E-state index is 0.230. The highest BCUT2D eigenvalue weighted by molar-refractivity contribution is 5.61. The Bertz CT molecular complexity index is 392. The molecule has 1 aromatic rings. The third-order valence-corrected chi connectivity index (χ3v) is 3.24. The summed E-state index contributed by atoms with van der Waals surface area (Å²) in [5.41, 5.74) is 8.51. The van der Waals surface area contributed by atoms with Crippen molar-refractivity contribution in [1.29, 1.82) is 0 Å². The fraction of sp³-hybridized carbons (Fsp3) is 0.571. The average Bonchev–Trinajstić information content (AvgIpc) is 2.29. The van der Waals surface area contributed by atoms with Crippen molar-refractivity contribution < 1.29 is 4.74 Å². The molecule has 0 aliphatic carbocycles. The van der Waals surface area contributed by atoms with Gasteiger partial charge in [-0.1, -0.05) is 13.0 Å². The van der Waals surface area contributed by atoms with Crippen LogP contribution in [0, 0.1) is 6.92 Å². The summed E-state index contributed by atoms with van der Waals surface area (Å²) in [6, 6.07) is 6.57. The summed E-state index contributed by atoms with van der Waals surface area (Å²) in [5, 5.41) is 0. The Morgan fingerprint density at radius 3 is 3.00 bits per heavy atom. The highest BCUT2D eigenvalue weighted by atomic mass is 16.5. The van der Waals surface area contributed by atoms with E-state index < -0.39 is 0 Å². The Balaban J connectivity index is 2.26. The van der Waals surface area contributed by atoms with Gasteiger partial charge in [-0.15, -0.1) is 0 Å². The lowest BCUT2D eigenvalue weighted by Gasteiger charge is -2.36. The summed E-state index contributed by atoms with van der Waals surface area (Å²) in [6.07, 6.45) is 1.24. The van der Waals surface area contributed by atoms with Crippen LogP contribution in [0.2, 0.25) is 0 Å². The number of hydrogen-bond donors (Lipinski definition) is 1. The lowest BCUT2D eigenvalue weighted by Crippen LogP contribution is -2.44. The lowest BCUT2D eigenvalue weighted by atomic mass is 10.1. The van der Waals surface area contributed by atoms with Crippen LogP contribution in [0.25, 0.3) is 0 Å². The quantitative estimate of drug-likeness (QED) is 0.872. The van der Waals surface area contributed by atoms with Crippen molar-refractivity contribution in [2.24, 2.45) is 5.73 Å². The van der Waals surface area contributed by atoms with E-state index in [9.17, 15) is 0 Å². The van der Waals surface area contributed by atoms with Crippen molar-refractivity contribution >= 4 is 5.69 Å². The summed E-state index contributed by atoms with van der Waals surface area (Å²) in [6.45, 7) is 8.17. The molecule has 1 aliphatic rings. The van der Waals surface area contributed by atoms with E-state index in [-0.39, 0.29) is 12.1 Å². The maximum absolute atomic E-state index is 6.06. The second-order valence-electron chi connectivity index (χ2n) is 4.97. The van der Waals surface area contributed by atoms with Gasteiger partial charge in [-0.25, -0.2) is 0 Å². The normalized spacial score (nSPS) is 20.7. The number of nitrogens with zero attached hydrogens (tertiary/aromatic N) is 1. The molecule has 0 spiro atoms. The number of fused-ring (bicyclic) bond motifs is 1. The predicted molar refractivity (Wildman–Crippen MR) is 71.7 cm³/mol. The Morgan fingerprint density at radius 2 is 2.29 bits per heavy atom. The van der Waals surface area contributed by atoms with Crippen LogP contribution in [-0.4, -0.2) is 25.2 Å². The van der Waals surface area contributed by atoms with Gasteiger partial charge in [-0.2, -0.15) is 0 Å². The molecule has 2 rings (SSSR count). The van der Waals surface area contributed by atoms with Crippen molar-refractivity contribution in [1.82, 2.24) is 0 Å². The molecule has 0 aromatic heterocycles. The van der Waals surface area contributed by atoms with Crippen molar-refractivity contribution in [2.75, 3.05) is 18.0 Å². The molecule has 0 amide bonds. The standard InChI is InChI=1S/C14H22N2O/c1-4-12(15)9-16-8-11(3)17-14-6-5-10(2)7-13(14)16/h5-7,11-12H,4,8-9,15H2,1-3H3. The van der Waals surface area contributed by atoms with Gasteiger partial charge in [0.25, 0.3) is 0 Å². The third-order valence-electron chi connectivity index (χ3n) is 3.24. The molecule has 94 valence electrons. The number of benzene rings is 1. The summed E-state index contributed by atoms with van der Waals surface area (Å²) >= 11 is 0. The molecule has 3 heteroatoms. The zero-order valence-electron chi connectivity index (χ0n) is 10.9. The first-order valence-electron chi connectivity index (χ1n) is 6.38. The number of ether oxygens (including phenoxy) is 1. The first-order chi connectivity index (χ1) is 8.10. The van der Waals surface area contributed by atoms with Crippen LogP contribution in [0.15, 0.2) is 18.2 Å². The van der Waals surface area contributed by atoms with Crippen LogP contribution in [0.5, 0.6) is 5.75 Å². The molecule has 0 saturated carbocycles. The molecular formula is C14H22N2O. The van der Waals surface area contributed by atoms with Gasteiger partial charge in [-0.3, -0.25) is 0 Å². The highest BCUT2D eigenvalue weighted by Gasteiger charge is 2.23. The molecule has 3 nitrogen and oxygen atoms in total. The number of rotatable bonds is 3. The second kappa shape index (κ2) is 4.96. The highest BCUT2D eigenvalue weighted by Crippen LogP contribution is 2.34. The Labute approximate surface area is 104 Å². The van der Waals surface area contributed by atoms with E-state index >= 15 is 0 Å². The first kappa shape index (κ1) is 12.2. The summed E-state index contributed by atoms with van der Waals surface area (Å²) < 4.78 is 5.85. The topological polar surface area (TPSA) is 38.5 Å².